The number of ether oxygens (including phenoxy) is 1. The van der Waals surface area contributed by atoms with Crippen LogP contribution in [0.3, 0.4) is 0 Å². The Morgan fingerprint density at radius 3 is 2.65 bits per heavy atom. The number of nitrogens with one attached hydrogen (secondary N) is 1. The van der Waals surface area contributed by atoms with Gasteiger partial charge < -0.3 is 9.84 Å². The van der Waals surface area contributed by atoms with Crippen molar-refractivity contribution in [3.05, 3.63) is 42.5 Å². The smallest absolute Gasteiger partial charge is 0.303 e. The van der Waals surface area contributed by atoms with E-state index in [-0.39, 0.29) is 35.5 Å². The average molecular weight is 379 g/mol. The van der Waals surface area contributed by atoms with Crippen molar-refractivity contribution >= 4 is 16.0 Å². The number of allylic oxidation sites excluding steroid dienone is 2. The molecule has 1 aromatic carbocycles. The van der Waals surface area contributed by atoms with Gasteiger partial charge in [0.05, 0.1) is 23.1 Å². The van der Waals surface area contributed by atoms with Crippen molar-refractivity contribution in [1.82, 2.24) is 4.72 Å². The number of rotatable bonds is 9. The quantitative estimate of drug-likeness (QED) is 0.508. The molecule has 4 atom stereocenters. The second-order valence-electron chi connectivity index (χ2n) is 6.91. The van der Waals surface area contributed by atoms with Crippen LogP contribution in [0.5, 0.6) is 0 Å². The van der Waals surface area contributed by atoms with Crippen molar-refractivity contribution in [1.29, 1.82) is 0 Å². The summed E-state index contributed by atoms with van der Waals surface area (Å²) in [4.78, 5) is 10.8. The summed E-state index contributed by atoms with van der Waals surface area (Å²) in [6.07, 6.45) is 8.11. The molecule has 2 heterocycles. The molecule has 2 N–H and O–H groups in total. The molecule has 2 bridgehead atoms. The van der Waals surface area contributed by atoms with Gasteiger partial charge in [0, 0.05) is 12.3 Å². The van der Waals surface area contributed by atoms with E-state index in [4.69, 9.17) is 9.84 Å². The number of unbranched alkanes of at least 4 members (excludes halogenated alkanes) is 1. The molecule has 2 aliphatic heterocycles. The highest BCUT2D eigenvalue weighted by atomic mass is 32.2. The predicted octanol–water partition coefficient (Wildman–Crippen LogP) is 2.71. The third-order valence-corrected chi connectivity index (χ3v) is 6.58. The lowest BCUT2D eigenvalue weighted by molar-refractivity contribution is -0.137. The summed E-state index contributed by atoms with van der Waals surface area (Å²) in [6.45, 7) is 0. The van der Waals surface area contributed by atoms with E-state index < -0.39 is 16.0 Å². The summed E-state index contributed by atoms with van der Waals surface area (Å²) in [6, 6.07) is 8.17. The first-order valence-electron chi connectivity index (χ1n) is 9.07. The van der Waals surface area contributed by atoms with E-state index in [1.165, 1.54) is 0 Å². The molecule has 2 fully saturated rings. The fraction of sp³-hybridized carbons (Fsp3) is 0.526. The van der Waals surface area contributed by atoms with Crippen LogP contribution in [-0.4, -0.2) is 37.7 Å². The second-order valence-corrected chi connectivity index (χ2v) is 8.62. The van der Waals surface area contributed by atoms with Crippen LogP contribution in [0.15, 0.2) is 47.4 Å². The average Bonchev–Trinajstić information content (AvgIpc) is 3.20. The first-order valence-corrected chi connectivity index (χ1v) is 10.6. The van der Waals surface area contributed by atoms with E-state index in [1.54, 1.807) is 30.3 Å². The van der Waals surface area contributed by atoms with E-state index in [0.717, 1.165) is 19.3 Å². The largest absolute Gasteiger partial charge is 0.481 e. The zero-order chi connectivity index (χ0) is 18.6. The maximum atomic E-state index is 12.6. The van der Waals surface area contributed by atoms with E-state index in [9.17, 15) is 13.2 Å². The van der Waals surface area contributed by atoms with Gasteiger partial charge in [0.2, 0.25) is 10.0 Å². The van der Waals surface area contributed by atoms with Gasteiger partial charge in [0.25, 0.3) is 0 Å². The Morgan fingerprint density at radius 1 is 1.19 bits per heavy atom. The monoisotopic (exact) mass is 379 g/mol. The summed E-state index contributed by atoms with van der Waals surface area (Å²) in [5.74, 6) is -0.668. The second kappa shape index (κ2) is 8.33. The van der Waals surface area contributed by atoms with Gasteiger partial charge in [-0.05, 0) is 44.2 Å². The van der Waals surface area contributed by atoms with Crippen molar-refractivity contribution in [2.45, 2.75) is 61.7 Å². The first-order chi connectivity index (χ1) is 12.5. The first kappa shape index (κ1) is 19.1. The molecule has 3 rings (SSSR count). The van der Waals surface area contributed by atoms with Crippen molar-refractivity contribution < 1.29 is 23.1 Å². The Hall–Kier alpha value is -1.70. The molecule has 2 aliphatic rings. The molecule has 2 saturated heterocycles. The van der Waals surface area contributed by atoms with Crippen LogP contribution in [-0.2, 0) is 19.6 Å². The van der Waals surface area contributed by atoms with Gasteiger partial charge in [0.15, 0.2) is 0 Å². The molecule has 0 unspecified atom stereocenters. The fourth-order valence-corrected chi connectivity index (χ4v) is 5.16. The Kier molecular flexibility index (Phi) is 6.11. The summed E-state index contributed by atoms with van der Waals surface area (Å²) >= 11 is 0. The zero-order valence-corrected chi connectivity index (χ0v) is 15.4. The number of benzene rings is 1. The van der Waals surface area contributed by atoms with Crippen molar-refractivity contribution in [3.8, 4) is 0 Å². The Bertz CT molecular complexity index is 746. The number of sulfonamides is 1. The lowest BCUT2D eigenvalue weighted by Gasteiger charge is -2.27. The standard InChI is InChI=1S/C19H25NO5S/c21-18(22)11-7-2-1-6-10-15-16-12-13-17(25-16)19(15)20-26(23,24)14-8-4-3-5-9-14/h1,3-6,8-9,15-17,19-20H,2,7,10-13H2,(H,21,22)/b6-1-/t15-,16+,17-,19+/m0/s1. The third-order valence-electron chi connectivity index (χ3n) is 5.11. The van der Waals surface area contributed by atoms with Crippen molar-refractivity contribution in [3.63, 3.8) is 0 Å². The SMILES string of the molecule is O=C(O)CCC/C=C\C[C@@H]1[C@@H](NS(=O)(=O)c2ccccc2)[C@@H]2CC[C@H]1O2. The van der Waals surface area contributed by atoms with Gasteiger partial charge in [-0.1, -0.05) is 30.4 Å². The molecule has 6 nitrogen and oxygen atoms in total. The molecule has 0 aromatic heterocycles. The lowest BCUT2D eigenvalue weighted by atomic mass is 9.83. The highest BCUT2D eigenvalue weighted by Crippen LogP contribution is 2.41. The normalized spacial score (nSPS) is 28.0. The lowest BCUT2D eigenvalue weighted by Crippen LogP contribution is -2.46. The Balaban J connectivity index is 1.60. The molecule has 0 spiro atoms. The number of carboxylic acids is 1. The van der Waals surface area contributed by atoms with Gasteiger partial charge in [0.1, 0.15) is 0 Å². The number of aliphatic carboxylic acids is 1. The molecule has 0 saturated carbocycles. The zero-order valence-electron chi connectivity index (χ0n) is 14.6. The molecule has 0 radical (unpaired) electrons. The van der Waals surface area contributed by atoms with Gasteiger partial charge in [-0.25, -0.2) is 13.1 Å². The summed E-state index contributed by atoms with van der Waals surface area (Å²) < 4.78 is 34.1. The number of carbonyl (C=O) groups is 1. The minimum absolute atomic E-state index is 0.0658. The van der Waals surface area contributed by atoms with E-state index >= 15 is 0 Å². The van der Waals surface area contributed by atoms with E-state index in [1.807, 2.05) is 12.2 Å². The molecule has 0 amide bonds. The maximum Gasteiger partial charge on any atom is 0.303 e. The molecular formula is C19H25NO5S. The van der Waals surface area contributed by atoms with Crippen LogP contribution < -0.4 is 4.72 Å². The van der Waals surface area contributed by atoms with Gasteiger partial charge in [-0.3, -0.25) is 4.79 Å². The van der Waals surface area contributed by atoms with E-state index in [0.29, 0.717) is 12.8 Å². The summed E-state index contributed by atoms with van der Waals surface area (Å²) in [7, 11) is -3.57. The van der Waals surface area contributed by atoms with Crippen LogP contribution in [0.4, 0.5) is 0 Å². The predicted molar refractivity (Wildman–Crippen MR) is 97.2 cm³/mol. The van der Waals surface area contributed by atoms with Crippen LogP contribution in [0.1, 0.15) is 38.5 Å². The fourth-order valence-electron chi connectivity index (χ4n) is 3.83. The Labute approximate surface area is 154 Å². The molecule has 7 heteroatoms. The van der Waals surface area contributed by atoms with Crippen LogP contribution in [0.25, 0.3) is 0 Å². The van der Waals surface area contributed by atoms with E-state index in [2.05, 4.69) is 4.72 Å². The van der Waals surface area contributed by atoms with Gasteiger partial charge in [-0.2, -0.15) is 0 Å². The minimum Gasteiger partial charge on any atom is -0.481 e. The van der Waals surface area contributed by atoms with Crippen molar-refractivity contribution in [2.24, 2.45) is 5.92 Å². The maximum absolute atomic E-state index is 12.6. The van der Waals surface area contributed by atoms with Gasteiger partial charge in [-0.15, -0.1) is 0 Å². The number of carboxylic acid groups (broad SMARTS) is 1. The van der Waals surface area contributed by atoms with Crippen LogP contribution >= 0.6 is 0 Å². The summed E-state index contributed by atoms with van der Waals surface area (Å²) in [5.41, 5.74) is 0. The number of fused-ring (bicyclic) bond motifs is 2. The molecule has 142 valence electrons. The topological polar surface area (TPSA) is 92.7 Å². The molecular weight excluding hydrogens is 354 g/mol. The molecule has 26 heavy (non-hydrogen) atoms. The van der Waals surface area contributed by atoms with Gasteiger partial charge >= 0.3 is 5.97 Å². The molecule has 1 aromatic rings. The minimum atomic E-state index is -3.57. The van der Waals surface area contributed by atoms with Crippen molar-refractivity contribution in [2.75, 3.05) is 0 Å². The van der Waals surface area contributed by atoms with Crippen LogP contribution in [0.2, 0.25) is 0 Å². The highest BCUT2D eigenvalue weighted by Gasteiger charge is 2.49. The third kappa shape index (κ3) is 4.52. The molecule has 0 aliphatic carbocycles. The summed E-state index contributed by atoms with van der Waals surface area (Å²) in [5, 5.41) is 8.65. The van der Waals surface area contributed by atoms with Crippen LogP contribution in [0, 0.1) is 5.92 Å². The number of hydrogen-bond acceptors (Lipinski definition) is 4. The highest BCUT2D eigenvalue weighted by molar-refractivity contribution is 7.89. The Morgan fingerprint density at radius 2 is 1.92 bits per heavy atom. The number of hydrogen-bond donors (Lipinski definition) is 2.